The first-order valence-corrected chi connectivity index (χ1v) is 6.12. The number of rotatable bonds is 5. The molecule has 0 unspecified atom stereocenters. The second-order valence-electron chi connectivity index (χ2n) is 4.46. The standard InChI is InChI=1S/C13H18ClN/c1-10(15-9-8-11-2-3-11)12-4-6-13(14)7-5-12/h4-7,10-11,15H,2-3,8-9H2,1H3/t10-/m1/s1. The van der Waals surface area contributed by atoms with Gasteiger partial charge in [0.15, 0.2) is 0 Å². The Balaban J connectivity index is 1.78. The lowest BCUT2D eigenvalue weighted by Gasteiger charge is -2.14. The molecular weight excluding hydrogens is 206 g/mol. The normalized spacial score (nSPS) is 17.7. The molecule has 1 fully saturated rings. The average Bonchev–Trinajstić information content (AvgIpc) is 3.02. The first-order chi connectivity index (χ1) is 7.25. The van der Waals surface area contributed by atoms with Crippen LogP contribution < -0.4 is 5.32 Å². The van der Waals surface area contributed by atoms with Gasteiger partial charge in [0.1, 0.15) is 0 Å². The van der Waals surface area contributed by atoms with Crippen LogP contribution in [0.15, 0.2) is 24.3 Å². The van der Waals surface area contributed by atoms with Crippen molar-refractivity contribution in [3.63, 3.8) is 0 Å². The van der Waals surface area contributed by atoms with Crippen molar-refractivity contribution in [3.8, 4) is 0 Å². The summed E-state index contributed by atoms with van der Waals surface area (Å²) in [6.07, 6.45) is 4.21. The van der Waals surface area contributed by atoms with Gasteiger partial charge in [-0.15, -0.1) is 0 Å². The third-order valence-electron chi connectivity index (χ3n) is 3.07. The van der Waals surface area contributed by atoms with E-state index in [9.17, 15) is 0 Å². The van der Waals surface area contributed by atoms with Crippen LogP contribution in [0, 0.1) is 5.92 Å². The molecule has 15 heavy (non-hydrogen) atoms. The van der Waals surface area contributed by atoms with E-state index in [2.05, 4.69) is 24.4 Å². The van der Waals surface area contributed by atoms with Gasteiger partial charge in [0.25, 0.3) is 0 Å². The Bertz CT molecular complexity index is 303. The molecule has 2 heteroatoms. The van der Waals surface area contributed by atoms with E-state index < -0.39 is 0 Å². The summed E-state index contributed by atoms with van der Waals surface area (Å²) in [7, 11) is 0. The molecule has 0 saturated heterocycles. The minimum atomic E-state index is 0.431. The first kappa shape index (κ1) is 11.0. The molecule has 1 aromatic carbocycles. The van der Waals surface area contributed by atoms with Gasteiger partial charge < -0.3 is 5.32 Å². The summed E-state index contributed by atoms with van der Waals surface area (Å²) in [6.45, 7) is 3.34. The Morgan fingerprint density at radius 3 is 2.60 bits per heavy atom. The lowest BCUT2D eigenvalue weighted by Crippen LogP contribution is -2.20. The minimum absolute atomic E-state index is 0.431. The van der Waals surface area contributed by atoms with Gasteiger partial charge in [-0.2, -0.15) is 0 Å². The van der Waals surface area contributed by atoms with Gasteiger partial charge in [0, 0.05) is 11.1 Å². The Morgan fingerprint density at radius 2 is 2.00 bits per heavy atom. The van der Waals surface area contributed by atoms with Crippen LogP contribution >= 0.6 is 11.6 Å². The van der Waals surface area contributed by atoms with Gasteiger partial charge >= 0.3 is 0 Å². The molecule has 0 spiro atoms. The highest BCUT2D eigenvalue weighted by atomic mass is 35.5. The predicted octanol–water partition coefficient (Wildman–Crippen LogP) is 3.79. The quantitative estimate of drug-likeness (QED) is 0.801. The molecule has 1 aromatic rings. The van der Waals surface area contributed by atoms with Crippen molar-refractivity contribution in [3.05, 3.63) is 34.9 Å². The Kier molecular flexibility index (Phi) is 3.66. The fourth-order valence-electron chi connectivity index (χ4n) is 1.78. The molecular formula is C13H18ClN. The van der Waals surface area contributed by atoms with Gasteiger partial charge in [-0.3, -0.25) is 0 Å². The van der Waals surface area contributed by atoms with Crippen LogP contribution in [-0.4, -0.2) is 6.54 Å². The molecule has 1 saturated carbocycles. The third-order valence-corrected chi connectivity index (χ3v) is 3.32. The molecule has 1 aliphatic carbocycles. The summed E-state index contributed by atoms with van der Waals surface area (Å²) >= 11 is 5.85. The number of hydrogen-bond donors (Lipinski definition) is 1. The van der Waals surface area contributed by atoms with Crippen LogP contribution in [0.25, 0.3) is 0 Å². The van der Waals surface area contributed by atoms with Crippen LogP contribution in [0.2, 0.25) is 5.02 Å². The van der Waals surface area contributed by atoms with Crippen molar-refractivity contribution in [2.75, 3.05) is 6.54 Å². The monoisotopic (exact) mass is 223 g/mol. The summed E-state index contributed by atoms with van der Waals surface area (Å²) in [6, 6.07) is 8.53. The molecule has 1 atom stereocenters. The second kappa shape index (κ2) is 5.00. The average molecular weight is 224 g/mol. The molecule has 1 N–H and O–H groups in total. The van der Waals surface area contributed by atoms with Gasteiger partial charge in [0.05, 0.1) is 0 Å². The van der Waals surface area contributed by atoms with Crippen molar-refractivity contribution in [1.29, 1.82) is 0 Å². The third kappa shape index (κ3) is 3.51. The Labute approximate surface area is 96.8 Å². The van der Waals surface area contributed by atoms with Crippen molar-refractivity contribution in [2.45, 2.75) is 32.2 Å². The molecule has 0 aliphatic heterocycles. The maximum Gasteiger partial charge on any atom is 0.0406 e. The molecule has 2 rings (SSSR count). The zero-order valence-corrected chi connectivity index (χ0v) is 9.93. The zero-order chi connectivity index (χ0) is 10.7. The van der Waals surface area contributed by atoms with Gasteiger partial charge in [-0.05, 0) is 43.5 Å². The maximum absolute atomic E-state index is 5.85. The molecule has 82 valence electrons. The molecule has 0 bridgehead atoms. The van der Waals surface area contributed by atoms with E-state index in [0.717, 1.165) is 17.5 Å². The highest BCUT2D eigenvalue weighted by Crippen LogP contribution is 2.31. The fourth-order valence-corrected chi connectivity index (χ4v) is 1.91. The molecule has 0 amide bonds. The summed E-state index contributed by atoms with van der Waals surface area (Å²) in [5, 5.41) is 4.36. The summed E-state index contributed by atoms with van der Waals surface area (Å²) in [5.74, 6) is 1.01. The zero-order valence-electron chi connectivity index (χ0n) is 9.17. The van der Waals surface area contributed by atoms with Gasteiger partial charge in [0.2, 0.25) is 0 Å². The SMILES string of the molecule is C[C@@H](NCCC1CC1)c1ccc(Cl)cc1. The fraction of sp³-hybridized carbons (Fsp3) is 0.538. The number of benzene rings is 1. The summed E-state index contributed by atoms with van der Waals surface area (Å²) in [4.78, 5) is 0. The van der Waals surface area contributed by atoms with E-state index in [1.54, 1.807) is 0 Å². The van der Waals surface area contributed by atoms with Crippen LogP contribution in [-0.2, 0) is 0 Å². The molecule has 0 aromatic heterocycles. The molecule has 1 aliphatic rings. The van der Waals surface area contributed by atoms with E-state index in [4.69, 9.17) is 11.6 Å². The van der Waals surface area contributed by atoms with E-state index in [1.165, 1.54) is 24.8 Å². The molecule has 0 heterocycles. The number of halogens is 1. The lowest BCUT2D eigenvalue weighted by atomic mass is 10.1. The molecule has 0 radical (unpaired) electrons. The largest absolute Gasteiger partial charge is 0.310 e. The predicted molar refractivity (Wildman–Crippen MR) is 65.2 cm³/mol. The van der Waals surface area contributed by atoms with Crippen molar-refractivity contribution in [2.24, 2.45) is 5.92 Å². The number of hydrogen-bond acceptors (Lipinski definition) is 1. The molecule has 1 nitrogen and oxygen atoms in total. The highest BCUT2D eigenvalue weighted by molar-refractivity contribution is 6.30. The van der Waals surface area contributed by atoms with Crippen LogP contribution in [0.1, 0.15) is 37.8 Å². The van der Waals surface area contributed by atoms with Gasteiger partial charge in [-0.1, -0.05) is 36.6 Å². The Morgan fingerprint density at radius 1 is 1.33 bits per heavy atom. The lowest BCUT2D eigenvalue weighted by molar-refractivity contribution is 0.540. The maximum atomic E-state index is 5.85. The highest BCUT2D eigenvalue weighted by Gasteiger charge is 2.20. The minimum Gasteiger partial charge on any atom is -0.310 e. The van der Waals surface area contributed by atoms with Crippen molar-refractivity contribution < 1.29 is 0 Å². The van der Waals surface area contributed by atoms with E-state index in [-0.39, 0.29) is 0 Å². The summed E-state index contributed by atoms with van der Waals surface area (Å²) < 4.78 is 0. The van der Waals surface area contributed by atoms with Crippen LogP contribution in [0.5, 0.6) is 0 Å². The Hall–Kier alpha value is -0.530. The van der Waals surface area contributed by atoms with E-state index in [0.29, 0.717) is 6.04 Å². The number of nitrogens with one attached hydrogen (secondary N) is 1. The van der Waals surface area contributed by atoms with Crippen molar-refractivity contribution in [1.82, 2.24) is 5.32 Å². The van der Waals surface area contributed by atoms with E-state index >= 15 is 0 Å². The van der Waals surface area contributed by atoms with Crippen molar-refractivity contribution >= 4 is 11.6 Å². The summed E-state index contributed by atoms with van der Waals surface area (Å²) in [5.41, 5.74) is 1.31. The smallest absolute Gasteiger partial charge is 0.0406 e. The van der Waals surface area contributed by atoms with Crippen LogP contribution in [0.4, 0.5) is 0 Å². The second-order valence-corrected chi connectivity index (χ2v) is 4.90. The van der Waals surface area contributed by atoms with Gasteiger partial charge in [-0.25, -0.2) is 0 Å². The topological polar surface area (TPSA) is 12.0 Å². The van der Waals surface area contributed by atoms with E-state index in [1.807, 2.05) is 12.1 Å². The first-order valence-electron chi connectivity index (χ1n) is 5.74. The van der Waals surface area contributed by atoms with Crippen LogP contribution in [0.3, 0.4) is 0 Å².